The third-order valence-corrected chi connectivity index (χ3v) is 6.97. The third kappa shape index (κ3) is 3.45. The molecule has 28 heavy (non-hydrogen) atoms. The van der Waals surface area contributed by atoms with Gasteiger partial charge in [-0.05, 0) is 49.8 Å². The SMILES string of the molecule is O=C(CCN1C(=O)NC2(CCCCC2)C1=O)NC1(c2cccc(Br)c2)CCC1. The highest BCUT2D eigenvalue weighted by Crippen LogP contribution is 2.42. The molecule has 1 aliphatic heterocycles. The van der Waals surface area contributed by atoms with Gasteiger partial charge in [-0.25, -0.2) is 4.79 Å². The van der Waals surface area contributed by atoms with Gasteiger partial charge in [0.2, 0.25) is 5.91 Å². The van der Waals surface area contributed by atoms with Crippen molar-refractivity contribution in [2.24, 2.45) is 0 Å². The first-order chi connectivity index (χ1) is 13.4. The van der Waals surface area contributed by atoms with E-state index in [2.05, 4.69) is 26.6 Å². The molecule has 2 aliphatic carbocycles. The first-order valence-corrected chi connectivity index (χ1v) is 10.9. The number of carbonyl (C=O) groups excluding carboxylic acids is 3. The summed E-state index contributed by atoms with van der Waals surface area (Å²) >= 11 is 3.50. The molecular formula is C21H26BrN3O3. The Kier molecular flexibility index (Phi) is 5.21. The Balaban J connectivity index is 1.38. The number of rotatable bonds is 5. The van der Waals surface area contributed by atoms with Crippen LogP contribution in [0.1, 0.15) is 63.4 Å². The predicted molar refractivity (Wildman–Crippen MR) is 108 cm³/mol. The summed E-state index contributed by atoms with van der Waals surface area (Å²) in [6.45, 7) is 0.132. The predicted octanol–water partition coefficient (Wildman–Crippen LogP) is 3.59. The highest BCUT2D eigenvalue weighted by atomic mass is 79.9. The molecule has 1 aromatic carbocycles. The van der Waals surface area contributed by atoms with Crippen LogP contribution >= 0.6 is 15.9 Å². The normalized spacial score (nSPS) is 22.7. The van der Waals surface area contributed by atoms with Crippen LogP contribution in [0.5, 0.6) is 0 Å². The van der Waals surface area contributed by atoms with Gasteiger partial charge in [-0.15, -0.1) is 0 Å². The lowest BCUT2D eigenvalue weighted by Crippen LogP contribution is -2.51. The molecule has 0 bridgehead atoms. The van der Waals surface area contributed by atoms with E-state index in [1.807, 2.05) is 24.3 Å². The molecule has 0 aromatic heterocycles. The molecule has 2 saturated carbocycles. The Hall–Kier alpha value is -1.89. The molecule has 0 radical (unpaired) electrons. The molecular weight excluding hydrogens is 422 g/mol. The molecule has 2 N–H and O–H groups in total. The van der Waals surface area contributed by atoms with Crippen LogP contribution in [0, 0.1) is 0 Å². The monoisotopic (exact) mass is 447 g/mol. The van der Waals surface area contributed by atoms with Gasteiger partial charge in [0.25, 0.3) is 5.91 Å². The summed E-state index contributed by atoms with van der Waals surface area (Å²) in [7, 11) is 0. The van der Waals surface area contributed by atoms with Crippen LogP contribution in [0.4, 0.5) is 4.79 Å². The summed E-state index contributed by atoms with van der Waals surface area (Å²) in [4.78, 5) is 39.1. The van der Waals surface area contributed by atoms with Crippen LogP contribution in [-0.4, -0.2) is 34.8 Å². The van der Waals surface area contributed by atoms with E-state index >= 15 is 0 Å². The van der Waals surface area contributed by atoms with Gasteiger partial charge in [-0.1, -0.05) is 47.3 Å². The van der Waals surface area contributed by atoms with Crippen LogP contribution in [0.15, 0.2) is 28.7 Å². The van der Waals surface area contributed by atoms with E-state index in [1.165, 1.54) is 4.90 Å². The number of amides is 4. The second kappa shape index (κ2) is 7.50. The number of nitrogens with zero attached hydrogens (tertiary/aromatic N) is 1. The second-order valence-electron chi connectivity index (χ2n) is 8.27. The lowest BCUT2D eigenvalue weighted by atomic mass is 9.71. The van der Waals surface area contributed by atoms with E-state index < -0.39 is 5.54 Å². The van der Waals surface area contributed by atoms with Gasteiger partial charge in [0.15, 0.2) is 0 Å². The smallest absolute Gasteiger partial charge is 0.325 e. The largest absolute Gasteiger partial charge is 0.347 e. The van der Waals surface area contributed by atoms with Gasteiger partial charge in [-0.2, -0.15) is 0 Å². The van der Waals surface area contributed by atoms with Gasteiger partial charge in [0.05, 0.1) is 5.54 Å². The Morgan fingerprint density at radius 1 is 1.11 bits per heavy atom. The van der Waals surface area contributed by atoms with E-state index in [9.17, 15) is 14.4 Å². The van der Waals surface area contributed by atoms with Crippen LogP contribution in [0.3, 0.4) is 0 Å². The number of nitrogens with one attached hydrogen (secondary N) is 2. The summed E-state index contributed by atoms with van der Waals surface area (Å²) in [6.07, 6.45) is 7.42. The van der Waals surface area contributed by atoms with Crippen LogP contribution in [0.25, 0.3) is 0 Å². The van der Waals surface area contributed by atoms with E-state index in [4.69, 9.17) is 0 Å². The Morgan fingerprint density at radius 3 is 2.50 bits per heavy atom. The fraction of sp³-hybridized carbons (Fsp3) is 0.571. The number of imide groups is 1. The first-order valence-electron chi connectivity index (χ1n) is 10.2. The van der Waals surface area contributed by atoms with Crippen molar-refractivity contribution in [2.75, 3.05) is 6.54 Å². The summed E-state index contributed by atoms with van der Waals surface area (Å²) in [5.41, 5.74) is 0.0395. The van der Waals surface area contributed by atoms with Crippen molar-refractivity contribution < 1.29 is 14.4 Å². The average molecular weight is 448 g/mol. The Bertz CT molecular complexity index is 800. The van der Waals surface area contributed by atoms with Gasteiger partial charge in [-0.3, -0.25) is 14.5 Å². The van der Waals surface area contributed by atoms with E-state index in [1.54, 1.807) is 0 Å². The Labute approximate surface area is 173 Å². The zero-order valence-electron chi connectivity index (χ0n) is 15.9. The minimum absolute atomic E-state index is 0.120. The number of hydrogen-bond acceptors (Lipinski definition) is 3. The molecule has 3 aliphatic rings. The number of carbonyl (C=O) groups is 3. The maximum Gasteiger partial charge on any atom is 0.325 e. The van der Waals surface area contributed by atoms with Gasteiger partial charge < -0.3 is 10.6 Å². The van der Waals surface area contributed by atoms with Crippen LogP contribution in [0.2, 0.25) is 0 Å². The number of urea groups is 1. The van der Waals surface area contributed by atoms with E-state index in [-0.39, 0.29) is 36.3 Å². The van der Waals surface area contributed by atoms with Crippen molar-refractivity contribution in [1.82, 2.24) is 15.5 Å². The zero-order valence-corrected chi connectivity index (χ0v) is 17.5. The average Bonchev–Trinajstić information content (AvgIpc) is 2.86. The molecule has 4 amide bonds. The number of hydrogen-bond donors (Lipinski definition) is 2. The van der Waals surface area contributed by atoms with Gasteiger partial charge in [0.1, 0.15) is 5.54 Å². The highest BCUT2D eigenvalue weighted by molar-refractivity contribution is 9.10. The van der Waals surface area contributed by atoms with Crippen molar-refractivity contribution in [3.8, 4) is 0 Å². The molecule has 150 valence electrons. The lowest BCUT2D eigenvalue weighted by molar-refractivity contribution is -0.133. The summed E-state index contributed by atoms with van der Waals surface area (Å²) in [6, 6.07) is 7.67. The molecule has 1 heterocycles. The van der Waals surface area contributed by atoms with Crippen molar-refractivity contribution in [1.29, 1.82) is 0 Å². The first kappa shape index (κ1) is 19.4. The quantitative estimate of drug-likeness (QED) is 0.676. The number of benzene rings is 1. The van der Waals surface area contributed by atoms with Crippen molar-refractivity contribution >= 4 is 33.8 Å². The summed E-state index contributed by atoms with van der Waals surface area (Å²) in [5.74, 6) is -0.278. The molecule has 1 aromatic rings. The minimum atomic E-state index is -0.725. The zero-order chi connectivity index (χ0) is 19.8. The van der Waals surface area contributed by atoms with Crippen LogP contribution in [-0.2, 0) is 15.1 Å². The van der Waals surface area contributed by atoms with E-state index in [0.29, 0.717) is 12.8 Å². The van der Waals surface area contributed by atoms with Gasteiger partial charge in [0, 0.05) is 17.4 Å². The summed E-state index contributed by atoms with van der Waals surface area (Å²) < 4.78 is 0.989. The van der Waals surface area contributed by atoms with Crippen molar-refractivity contribution in [3.63, 3.8) is 0 Å². The molecule has 7 heteroatoms. The van der Waals surface area contributed by atoms with E-state index in [0.717, 1.165) is 48.6 Å². The van der Waals surface area contributed by atoms with Crippen molar-refractivity contribution in [2.45, 2.75) is 68.9 Å². The second-order valence-corrected chi connectivity index (χ2v) is 9.19. The topological polar surface area (TPSA) is 78.5 Å². The molecule has 0 unspecified atom stereocenters. The maximum absolute atomic E-state index is 12.8. The standard InChI is InChI=1S/C21H26BrN3O3/c22-16-7-4-6-15(14-16)20(11-5-12-20)23-17(26)8-13-25-18(27)21(24-19(25)28)9-2-1-3-10-21/h4,6-7,14H,1-3,5,8-13H2,(H,23,26)(H,24,28). The minimum Gasteiger partial charge on any atom is -0.347 e. The number of halogens is 1. The summed E-state index contributed by atoms with van der Waals surface area (Å²) in [5, 5.41) is 6.06. The Morgan fingerprint density at radius 2 is 1.86 bits per heavy atom. The molecule has 0 atom stereocenters. The molecule has 1 spiro atoms. The maximum atomic E-state index is 12.8. The van der Waals surface area contributed by atoms with Crippen LogP contribution < -0.4 is 10.6 Å². The molecule has 1 saturated heterocycles. The van der Waals surface area contributed by atoms with Gasteiger partial charge >= 0.3 is 6.03 Å². The fourth-order valence-electron chi connectivity index (χ4n) is 4.72. The lowest BCUT2D eigenvalue weighted by Gasteiger charge is -2.43. The molecule has 3 fully saturated rings. The fourth-order valence-corrected chi connectivity index (χ4v) is 5.12. The molecule has 6 nitrogen and oxygen atoms in total. The van der Waals surface area contributed by atoms with Crippen molar-refractivity contribution in [3.05, 3.63) is 34.3 Å². The highest BCUT2D eigenvalue weighted by Gasteiger charge is 2.51. The third-order valence-electron chi connectivity index (χ3n) is 6.48. The molecule has 4 rings (SSSR count).